The van der Waals surface area contributed by atoms with Crippen molar-refractivity contribution in [3.8, 4) is 0 Å². The Labute approximate surface area is 109 Å². The molecule has 0 fully saturated rings. The van der Waals surface area contributed by atoms with Crippen LogP contribution in [0.4, 0.5) is 5.69 Å². The van der Waals surface area contributed by atoms with Gasteiger partial charge in [-0.25, -0.2) is 0 Å². The Balaban J connectivity index is 2.60. The number of anilines is 1. The van der Waals surface area contributed by atoms with Gasteiger partial charge in [-0.1, -0.05) is 18.2 Å². The van der Waals surface area contributed by atoms with Crippen molar-refractivity contribution in [2.45, 2.75) is 20.3 Å². The first-order valence-corrected chi connectivity index (χ1v) is 6.37. The molecule has 3 nitrogen and oxygen atoms in total. The number of carbonyl (C=O) groups is 1. The van der Waals surface area contributed by atoms with Crippen molar-refractivity contribution in [3.63, 3.8) is 0 Å². The van der Waals surface area contributed by atoms with E-state index < -0.39 is 0 Å². The molecule has 0 atom stereocenters. The van der Waals surface area contributed by atoms with Crippen LogP contribution >= 0.6 is 0 Å². The molecule has 1 aromatic rings. The average Bonchev–Trinajstić information content (AvgIpc) is 2.36. The highest BCUT2D eigenvalue weighted by molar-refractivity contribution is 5.93. The maximum absolute atomic E-state index is 12.1. The maximum Gasteiger partial charge on any atom is 0.228 e. The van der Waals surface area contributed by atoms with Gasteiger partial charge in [0, 0.05) is 31.7 Å². The van der Waals surface area contributed by atoms with E-state index in [4.69, 9.17) is 0 Å². The van der Waals surface area contributed by atoms with Crippen LogP contribution in [0.2, 0.25) is 0 Å². The summed E-state index contributed by atoms with van der Waals surface area (Å²) >= 11 is 0. The van der Waals surface area contributed by atoms with E-state index in [0.29, 0.717) is 19.5 Å². The van der Waals surface area contributed by atoms with Crippen molar-refractivity contribution < 1.29 is 4.79 Å². The van der Waals surface area contributed by atoms with Crippen LogP contribution in [0.15, 0.2) is 36.9 Å². The number of rotatable bonds is 7. The molecule has 3 heteroatoms. The molecule has 0 aliphatic carbocycles. The Morgan fingerprint density at radius 1 is 1.50 bits per heavy atom. The molecule has 18 heavy (non-hydrogen) atoms. The number of hydrogen-bond donors (Lipinski definition) is 1. The fraction of sp³-hybridized carbons (Fsp3) is 0.400. The van der Waals surface area contributed by atoms with Crippen LogP contribution in [-0.4, -0.2) is 25.5 Å². The van der Waals surface area contributed by atoms with Gasteiger partial charge in [0.2, 0.25) is 5.91 Å². The van der Waals surface area contributed by atoms with E-state index in [9.17, 15) is 4.79 Å². The van der Waals surface area contributed by atoms with Crippen molar-refractivity contribution in [1.29, 1.82) is 0 Å². The summed E-state index contributed by atoms with van der Waals surface area (Å²) in [6.45, 7) is 9.79. The lowest BCUT2D eigenvalue weighted by Gasteiger charge is -2.21. The van der Waals surface area contributed by atoms with Gasteiger partial charge in [0.25, 0.3) is 0 Å². The van der Waals surface area contributed by atoms with Crippen molar-refractivity contribution in [2.24, 2.45) is 0 Å². The lowest BCUT2D eigenvalue weighted by Crippen LogP contribution is -2.33. The second kappa shape index (κ2) is 7.67. The summed E-state index contributed by atoms with van der Waals surface area (Å²) in [6.07, 6.45) is 2.30. The zero-order valence-corrected chi connectivity index (χ0v) is 11.3. The summed E-state index contributed by atoms with van der Waals surface area (Å²) < 4.78 is 0. The largest absolute Gasteiger partial charge is 0.313 e. The molecule has 0 saturated carbocycles. The summed E-state index contributed by atoms with van der Waals surface area (Å²) in [5.41, 5.74) is 2.15. The first-order valence-electron chi connectivity index (χ1n) is 6.37. The number of hydrogen-bond acceptors (Lipinski definition) is 2. The van der Waals surface area contributed by atoms with Crippen molar-refractivity contribution in [2.75, 3.05) is 24.5 Å². The van der Waals surface area contributed by atoms with E-state index in [1.54, 1.807) is 6.08 Å². The summed E-state index contributed by atoms with van der Waals surface area (Å²) in [4.78, 5) is 13.9. The monoisotopic (exact) mass is 246 g/mol. The minimum Gasteiger partial charge on any atom is -0.313 e. The fourth-order valence-electron chi connectivity index (χ4n) is 1.83. The highest BCUT2D eigenvalue weighted by Gasteiger charge is 2.12. The Hall–Kier alpha value is -1.61. The SMILES string of the molecule is C=CCNCCC(=O)N(CC)c1cccc(C)c1. The van der Waals surface area contributed by atoms with Crippen LogP contribution < -0.4 is 10.2 Å². The van der Waals surface area contributed by atoms with Crippen LogP contribution in [-0.2, 0) is 4.79 Å². The molecule has 0 aliphatic heterocycles. The number of nitrogens with one attached hydrogen (secondary N) is 1. The summed E-state index contributed by atoms with van der Waals surface area (Å²) in [7, 11) is 0. The Kier molecular flexibility index (Phi) is 6.15. The molecule has 0 radical (unpaired) electrons. The number of carbonyl (C=O) groups excluding carboxylic acids is 1. The summed E-state index contributed by atoms with van der Waals surface area (Å²) in [6, 6.07) is 8.04. The van der Waals surface area contributed by atoms with E-state index >= 15 is 0 Å². The highest BCUT2D eigenvalue weighted by Crippen LogP contribution is 2.16. The number of nitrogens with zero attached hydrogens (tertiary/aromatic N) is 1. The topological polar surface area (TPSA) is 32.3 Å². The van der Waals surface area contributed by atoms with Gasteiger partial charge in [0.15, 0.2) is 0 Å². The second-order valence-corrected chi connectivity index (χ2v) is 4.22. The van der Waals surface area contributed by atoms with Crippen molar-refractivity contribution >= 4 is 11.6 Å². The highest BCUT2D eigenvalue weighted by atomic mass is 16.2. The quantitative estimate of drug-likeness (QED) is 0.592. The molecule has 1 amide bonds. The van der Waals surface area contributed by atoms with Crippen LogP contribution in [0, 0.1) is 6.92 Å². The fourth-order valence-corrected chi connectivity index (χ4v) is 1.83. The van der Waals surface area contributed by atoms with Crippen molar-refractivity contribution in [1.82, 2.24) is 5.32 Å². The molecule has 1 N–H and O–H groups in total. The van der Waals surface area contributed by atoms with Crippen LogP contribution in [0.5, 0.6) is 0 Å². The first kappa shape index (κ1) is 14.5. The van der Waals surface area contributed by atoms with E-state index in [1.165, 1.54) is 5.56 Å². The summed E-state index contributed by atoms with van der Waals surface area (Å²) in [5, 5.41) is 3.14. The second-order valence-electron chi connectivity index (χ2n) is 4.22. The lowest BCUT2D eigenvalue weighted by molar-refractivity contribution is -0.118. The third-order valence-electron chi connectivity index (χ3n) is 2.73. The molecule has 0 saturated heterocycles. The predicted octanol–water partition coefficient (Wildman–Crippen LogP) is 2.51. The van der Waals surface area contributed by atoms with Gasteiger partial charge in [-0.3, -0.25) is 4.79 Å². The normalized spacial score (nSPS) is 10.1. The minimum absolute atomic E-state index is 0.152. The third kappa shape index (κ3) is 4.34. The molecular formula is C15H22N2O. The van der Waals surface area contributed by atoms with Gasteiger partial charge >= 0.3 is 0 Å². The molecule has 98 valence electrons. The molecule has 0 aliphatic rings. The Bertz CT molecular complexity index is 401. The summed E-state index contributed by atoms with van der Waals surface area (Å²) in [5.74, 6) is 0.152. The van der Waals surface area contributed by atoms with Crippen LogP contribution in [0.25, 0.3) is 0 Å². The van der Waals surface area contributed by atoms with Crippen LogP contribution in [0.1, 0.15) is 18.9 Å². The maximum atomic E-state index is 12.1. The molecular weight excluding hydrogens is 224 g/mol. The van der Waals surface area contributed by atoms with Gasteiger partial charge in [-0.15, -0.1) is 6.58 Å². The van der Waals surface area contributed by atoms with Gasteiger partial charge < -0.3 is 10.2 Å². The molecule has 0 unspecified atom stereocenters. The molecule has 0 bridgehead atoms. The minimum atomic E-state index is 0.152. The zero-order valence-electron chi connectivity index (χ0n) is 11.3. The predicted molar refractivity (Wildman–Crippen MR) is 76.9 cm³/mol. The number of aryl methyl sites for hydroxylation is 1. The molecule has 0 heterocycles. The van der Waals surface area contributed by atoms with Gasteiger partial charge in [0.05, 0.1) is 0 Å². The first-order chi connectivity index (χ1) is 8.69. The molecule has 0 spiro atoms. The standard InChI is InChI=1S/C15H22N2O/c1-4-10-16-11-9-15(18)17(5-2)14-8-6-7-13(3)12-14/h4,6-8,12,16H,1,5,9-11H2,2-3H3. The van der Waals surface area contributed by atoms with Gasteiger partial charge in [-0.05, 0) is 31.5 Å². The van der Waals surface area contributed by atoms with E-state index in [-0.39, 0.29) is 5.91 Å². The van der Waals surface area contributed by atoms with Crippen LogP contribution in [0.3, 0.4) is 0 Å². The van der Waals surface area contributed by atoms with Gasteiger partial charge in [-0.2, -0.15) is 0 Å². The smallest absolute Gasteiger partial charge is 0.228 e. The third-order valence-corrected chi connectivity index (χ3v) is 2.73. The Morgan fingerprint density at radius 3 is 2.89 bits per heavy atom. The van der Waals surface area contributed by atoms with Gasteiger partial charge in [0.1, 0.15) is 0 Å². The average molecular weight is 246 g/mol. The molecule has 0 aromatic heterocycles. The number of amides is 1. The van der Waals surface area contributed by atoms with E-state index in [2.05, 4.69) is 11.9 Å². The van der Waals surface area contributed by atoms with Crippen molar-refractivity contribution in [3.05, 3.63) is 42.5 Å². The molecule has 1 rings (SSSR count). The zero-order chi connectivity index (χ0) is 13.4. The number of benzene rings is 1. The Morgan fingerprint density at radius 2 is 2.28 bits per heavy atom. The lowest BCUT2D eigenvalue weighted by atomic mass is 10.2. The van der Waals surface area contributed by atoms with E-state index in [0.717, 1.165) is 12.2 Å². The van der Waals surface area contributed by atoms with E-state index in [1.807, 2.05) is 43.0 Å². The molecule has 1 aromatic carbocycles.